The van der Waals surface area contributed by atoms with E-state index < -0.39 is 54.2 Å². The number of hydrogen-bond acceptors (Lipinski definition) is 9. The largest absolute Gasteiger partial charge is 0.508 e. The van der Waals surface area contributed by atoms with E-state index in [1.54, 1.807) is 42.5 Å². The predicted octanol–water partition coefficient (Wildman–Crippen LogP) is 0.361. The highest BCUT2D eigenvalue weighted by molar-refractivity contribution is 5.93. The first-order chi connectivity index (χ1) is 26.4. The minimum Gasteiger partial charge on any atom is -0.508 e. The first-order valence-corrected chi connectivity index (χ1v) is 18.5. The van der Waals surface area contributed by atoms with Crippen LogP contribution in [0.3, 0.4) is 0 Å². The molecule has 6 amide bonds. The van der Waals surface area contributed by atoms with Crippen molar-refractivity contribution in [1.29, 1.82) is 0 Å². The number of likely N-dealkylation sites (tertiary alicyclic amines) is 1. The molecule has 3 aromatic carbocycles. The smallest absolute Gasteiger partial charge is 0.261 e. The van der Waals surface area contributed by atoms with Gasteiger partial charge in [0.2, 0.25) is 29.5 Å². The van der Waals surface area contributed by atoms with Crippen LogP contribution in [-0.4, -0.2) is 95.8 Å². The highest BCUT2D eigenvalue weighted by atomic mass is 16.3. The molecule has 4 rings (SSSR count). The van der Waals surface area contributed by atoms with E-state index in [0.717, 1.165) is 50.0 Å². The Labute approximate surface area is 321 Å². The first kappa shape index (κ1) is 41.9. The lowest BCUT2D eigenvalue weighted by Crippen LogP contribution is -2.55. The molecule has 0 radical (unpaired) electrons. The molecule has 3 aromatic rings. The van der Waals surface area contributed by atoms with Crippen LogP contribution in [0.25, 0.3) is 0 Å². The van der Waals surface area contributed by atoms with Crippen molar-refractivity contribution >= 4 is 35.4 Å². The molecule has 0 bridgehead atoms. The van der Waals surface area contributed by atoms with Crippen molar-refractivity contribution in [2.45, 2.75) is 76.0 Å². The second-order valence-corrected chi connectivity index (χ2v) is 13.7. The lowest BCUT2D eigenvalue weighted by molar-refractivity contribution is -0.133. The van der Waals surface area contributed by atoms with Crippen LogP contribution in [0.1, 0.15) is 49.3 Å². The van der Waals surface area contributed by atoms with Gasteiger partial charge in [0.05, 0.1) is 12.6 Å². The zero-order valence-corrected chi connectivity index (χ0v) is 31.1. The van der Waals surface area contributed by atoms with Gasteiger partial charge in [0, 0.05) is 44.9 Å². The monoisotopic (exact) mass is 756 g/mol. The van der Waals surface area contributed by atoms with Crippen molar-refractivity contribution in [3.05, 3.63) is 102 Å². The topological polar surface area (TPSA) is 224 Å². The summed E-state index contributed by atoms with van der Waals surface area (Å²) in [6.45, 7) is 3.67. The van der Waals surface area contributed by atoms with Gasteiger partial charge in [0.25, 0.3) is 5.91 Å². The Hall–Kier alpha value is -5.80. The van der Waals surface area contributed by atoms with E-state index in [-0.39, 0.29) is 43.4 Å². The molecule has 0 saturated carbocycles. The lowest BCUT2D eigenvalue weighted by atomic mass is 10.0. The summed E-state index contributed by atoms with van der Waals surface area (Å²) in [4.78, 5) is 78.7. The number of piperidine rings is 1. The van der Waals surface area contributed by atoms with E-state index >= 15 is 0 Å². The number of hydrazine groups is 1. The summed E-state index contributed by atoms with van der Waals surface area (Å²) in [5.74, 6) is -3.35. The van der Waals surface area contributed by atoms with Gasteiger partial charge in [-0.15, -0.1) is 0 Å². The Balaban J connectivity index is 1.16. The molecule has 1 saturated heterocycles. The van der Waals surface area contributed by atoms with Gasteiger partial charge in [-0.3, -0.25) is 39.6 Å². The molecule has 1 aliphatic heterocycles. The SMILES string of the molecule is C[C@@H](NC(=O)[C@@H](N)Cc1ccc(O)cc1)C(=O)NCC(=O)N[C@@H](Cc1ccccc1)C(=O)NNC(=O)CCC(=O)NC1CCN(CCc2ccccc2)CC1. The zero-order chi connectivity index (χ0) is 39.6. The van der Waals surface area contributed by atoms with Crippen molar-refractivity contribution in [2.75, 3.05) is 26.2 Å². The number of carbonyl (C=O) groups is 6. The van der Waals surface area contributed by atoms with Crippen LogP contribution in [0.4, 0.5) is 0 Å². The number of nitrogens with one attached hydrogen (secondary N) is 6. The molecule has 1 fully saturated rings. The molecule has 1 heterocycles. The Morgan fingerprint density at radius 3 is 1.96 bits per heavy atom. The number of nitrogens with two attached hydrogens (primary N) is 1. The standard InChI is InChI=1S/C40H52N8O7/c1-27(43-39(54)33(41)24-30-12-14-32(49)15-13-30)38(53)42-26-37(52)45-34(25-29-10-6-3-7-11-29)40(55)47-46-36(51)17-16-35(50)44-31-19-22-48(23-20-31)21-18-28-8-4-2-5-9-28/h2-15,27,31,33-34,49H,16-26,41H2,1H3,(H,42,53)(H,43,54)(H,44,50)(H,45,52)(H,46,51)(H,47,55)/t27-,33+,34+/m1/s1. The zero-order valence-electron chi connectivity index (χ0n) is 31.1. The fourth-order valence-corrected chi connectivity index (χ4v) is 6.03. The van der Waals surface area contributed by atoms with Gasteiger partial charge in [-0.1, -0.05) is 72.8 Å². The fraction of sp³-hybridized carbons (Fsp3) is 0.400. The molecule has 9 N–H and O–H groups in total. The van der Waals surface area contributed by atoms with Gasteiger partial charge >= 0.3 is 0 Å². The average molecular weight is 757 g/mol. The third-order valence-electron chi connectivity index (χ3n) is 9.25. The molecular formula is C40H52N8O7. The van der Waals surface area contributed by atoms with Crippen LogP contribution in [-0.2, 0) is 48.0 Å². The molecule has 15 nitrogen and oxygen atoms in total. The molecule has 0 aromatic heterocycles. The Bertz CT molecular complexity index is 1720. The van der Waals surface area contributed by atoms with E-state index in [2.05, 4.69) is 49.2 Å². The summed E-state index contributed by atoms with van der Waals surface area (Å²) in [6, 6.07) is 22.4. The summed E-state index contributed by atoms with van der Waals surface area (Å²) in [5.41, 5.74) is 13.4. The van der Waals surface area contributed by atoms with E-state index in [1.165, 1.54) is 24.6 Å². The van der Waals surface area contributed by atoms with Gasteiger partial charge in [-0.2, -0.15) is 0 Å². The number of hydrogen-bond donors (Lipinski definition) is 8. The van der Waals surface area contributed by atoms with Crippen LogP contribution in [0.2, 0.25) is 0 Å². The lowest BCUT2D eigenvalue weighted by Gasteiger charge is -2.32. The van der Waals surface area contributed by atoms with E-state index in [1.807, 2.05) is 18.2 Å². The second-order valence-electron chi connectivity index (χ2n) is 13.7. The van der Waals surface area contributed by atoms with Crippen molar-refractivity contribution in [3.8, 4) is 5.75 Å². The minimum atomic E-state index is -1.12. The number of aromatic hydroxyl groups is 1. The number of phenols is 1. The molecular weight excluding hydrogens is 704 g/mol. The first-order valence-electron chi connectivity index (χ1n) is 18.5. The normalized spacial score (nSPS) is 14.7. The minimum absolute atomic E-state index is 0.0399. The molecule has 1 aliphatic rings. The Kier molecular flexibility index (Phi) is 16.6. The number of phenolic OH excluding ortho intramolecular Hbond substituents is 1. The van der Waals surface area contributed by atoms with Crippen molar-refractivity contribution in [3.63, 3.8) is 0 Å². The third kappa shape index (κ3) is 15.2. The maximum atomic E-state index is 13.1. The highest BCUT2D eigenvalue weighted by Crippen LogP contribution is 2.13. The molecule has 0 unspecified atom stereocenters. The van der Waals surface area contributed by atoms with Crippen molar-refractivity contribution in [1.82, 2.24) is 37.0 Å². The van der Waals surface area contributed by atoms with Crippen LogP contribution in [0, 0.1) is 0 Å². The van der Waals surface area contributed by atoms with Crippen molar-refractivity contribution < 1.29 is 33.9 Å². The van der Waals surface area contributed by atoms with Gasteiger partial charge in [-0.05, 0) is 61.4 Å². The highest BCUT2D eigenvalue weighted by Gasteiger charge is 2.25. The summed E-state index contributed by atoms with van der Waals surface area (Å²) in [5, 5.41) is 20.0. The van der Waals surface area contributed by atoms with Crippen LogP contribution < -0.4 is 37.9 Å². The molecule has 15 heteroatoms. The van der Waals surface area contributed by atoms with Crippen LogP contribution in [0.5, 0.6) is 5.75 Å². The van der Waals surface area contributed by atoms with Gasteiger partial charge in [0.15, 0.2) is 0 Å². The van der Waals surface area contributed by atoms with Crippen LogP contribution in [0.15, 0.2) is 84.9 Å². The summed E-state index contributed by atoms with van der Waals surface area (Å²) < 4.78 is 0. The van der Waals surface area contributed by atoms with E-state index in [9.17, 15) is 33.9 Å². The summed E-state index contributed by atoms with van der Waals surface area (Å²) >= 11 is 0. The van der Waals surface area contributed by atoms with Gasteiger partial charge in [-0.25, -0.2) is 0 Å². The fourth-order valence-electron chi connectivity index (χ4n) is 6.03. The summed E-state index contributed by atoms with van der Waals surface area (Å²) in [6.07, 6.45) is 2.69. The number of nitrogens with zero attached hydrogens (tertiary/aromatic N) is 1. The second kappa shape index (κ2) is 21.8. The molecule has 0 aliphatic carbocycles. The number of benzene rings is 3. The Morgan fingerprint density at radius 2 is 1.31 bits per heavy atom. The average Bonchev–Trinajstić information content (AvgIpc) is 3.19. The Morgan fingerprint density at radius 1 is 0.709 bits per heavy atom. The third-order valence-corrected chi connectivity index (χ3v) is 9.25. The molecule has 55 heavy (non-hydrogen) atoms. The molecule has 3 atom stereocenters. The van der Waals surface area contributed by atoms with Crippen molar-refractivity contribution in [2.24, 2.45) is 5.73 Å². The predicted molar refractivity (Wildman–Crippen MR) is 206 cm³/mol. The maximum absolute atomic E-state index is 13.1. The van der Waals surface area contributed by atoms with Crippen LogP contribution >= 0.6 is 0 Å². The number of amides is 6. The number of rotatable bonds is 18. The molecule has 294 valence electrons. The summed E-state index contributed by atoms with van der Waals surface area (Å²) in [7, 11) is 0. The number of carbonyl (C=O) groups excluding carboxylic acids is 6. The van der Waals surface area contributed by atoms with E-state index in [4.69, 9.17) is 5.73 Å². The molecule has 0 spiro atoms. The van der Waals surface area contributed by atoms with E-state index in [0.29, 0.717) is 0 Å². The van der Waals surface area contributed by atoms with Gasteiger partial charge in [0.1, 0.15) is 17.8 Å². The maximum Gasteiger partial charge on any atom is 0.261 e. The van der Waals surface area contributed by atoms with Gasteiger partial charge < -0.3 is 37.0 Å². The quantitative estimate of drug-likeness (QED) is 0.0839.